The maximum Gasteiger partial charge on any atom is 0.212 e. The molecule has 0 aliphatic heterocycles. The molecule has 120 valence electrons. The van der Waals surface area contributed by atoms with Gasteiger partial charge in [0.05, 0.1) is 5.39 Å². The van der Waals surface area contributed by atoms with Gasteiger partial charge in [0.25, 0.3) is 0 Å². The van der Waals surface area contributed by atoms with E-state index in [4.69, 9.17) is 0 Å². The topological polar surface area (TPSA) is 20.9 Å². The van der Waals surface area contributed by atoms with E-state index in [0.29, 0.717) is 0 Å². The first-order chi connectivity index (χ1) is 11.6. The van der Waals surface area contributed by atoms with Crippen LogP contribution in [-0.4, -0.2) is 5.78 Å². The number of fused-ring (bicyclic) bond motifs is 1. The Bertz CT molecular complexity index is 905. The van der Waals surface area contributed by atoms with Crippen molar-refractivity contribution in [3.8, 4) is 0 Å². The maximum atomic E-state index is 12.0. The largest absolute Gasteiger partial charge is 0.294 e. The summed E-state index contributed by atoms with van der Waals surface area (Å²) in [6.07, 6.45) is 6.29. The number of aryl methyl sites for hydroxylation is 1. The van der Waals surface area contributed by atoms with Gasteiger partial charge in [-0.1, -0.05) is 62.4 Å². The molecule has 0 spiro atoms. The highest BCUT2D eigenvalue weighted by atomic mass is 16.1. The second kappa shape index (κ2) is 6.79. The minimum atomic E-state index is 0.0304. The number of aromatic nitrogens is 1. The van der Waals surface area contributed by atoms with Gasteiger partial charge < -0.3 is 0 Å². The molecule has 0 saturated carbocycles. The number of nitrogens with zero attached hydrogens (tertiary/aromatic N) is 1. The quantitative estimate of drug-likeness (QED) is 0.506. The Labute approximate surface area is 143 Å². The highest BCUT2D eigenvalue weighted by Crippen LogP contribution is 2.18. The van der Waals surface area contributed by atoms with E-state index < -0.39 is 0 Å². The molecule has 2 heteroatoms. The first kappa shape index (κ1) is 16.1. The number of carbonyl (C=O) groups is 1. The van der Waals surface area contributed by atoms with Crippen molar-refractivity contribution < 1.29 is 9.36 Å². The molecule has 0 aliphatic carbocycles. The van der Waals surface area contributed by atoms with Gasteiger partial charge in [-0.2, -0.15) is 0 Å². The Balaban J connectivity index is 1.89. The van der Waals surface area contributed by atoms with E-state index in [1.807, 2.05) is 38.1 Å². The highest BCUT2D eigenvalue weighted by Gasteiger charge is 2.09. The number of rotatable bonds is 4. The summed E-state index contributed by atoms with van der Waals surface area (Å²) in [6.45, 7) is 3.85. The van der Waals surface area contributed by atoms with Crippen molar-refractivity contribution in [2.24, 2.45) is 13.0 Å². The Kier molecular flexibility index (Phi) is 4.57. The Morgan fingerprint density at radius 3 is 2.38 bits per heavy atom. The van der Waals surface area contributed by atoms with E-state index in [0.717, 1.165) is 11.1 Å². The lowest BCUT2D eigenvalue weighted by Crippen LogP contribution is -2.28. The summed E-state index contributed by atoms with van der Waals surface area (Å²) in [5.41, 5.74) is 4.26. The standard InChI is InChI=1S/C22H22NO/c1-16(2)22(24)19-12-9-17(10-13-19)8-11-18-14-15-23(3)21-7-5-4-6-20(18)21/h4-16H,1-3H3/q+1/b11-8+. The van der Waals surface area contributed by atoms with Crippen molar-refractivity contribution in [1.82, 2.24) is 0 Å². The minimum absolute atomic E-state index is 0.0304. The normalized spacial score (nSPS) is 11.5. The number of para-hydroxylation sites is 1. The van der Waals surface area contributed by atoms with Crippen LogP contribution in [0.15, 0.2) is 60.8 Å². The summed E-state index contributed by atoms with van der Waals surface area (Å²) < 4.78 is 2.12. The molecule has 0 aliphatic rings. The number of ketones is 1. The third kappa shape index (κ3) is 3.28. The average Bonchev–Trinajstić information content (AvgIpc) is 2.61. The zero-order chi connectivity index (χ0) is 17.1. The number of carbonyl (C=O) groups excluding carboxylic acids is 1. The lowest BCUT2D eigenvalue weighted by Gasteiger charge is -2.04. The monoisotopic (exact) mass is 316 g/mol. The van der Waals surface area contributed by atoms with E-state index in [1.54, 1.807) is 0 Å². The van der Waals surface area contributed by atoms with Crippen LogP contribution in [-0.2, 0) is 7.05 Å². The molecular formula is C22H22NO+. The smallest absolute Gasteiger partial charge is 0.212 e. The molecule has 2 aromatic carbocycles. The van der Waals surface area contributed by atoms with Crippen molar-refractivity contribution in [2.75, 3.05) is 0 Å². The lowest BCUT2D eigenvalue weighted by atomic mass is 10.00. The Morgan fingerprint density at radius 2 is 1.67 bits per heavy atom. The summed E-state index contributed by atoms with van der Waals surface area (Å²) in [5, 5.41) is 1.23. The Hall–Kier alpha value is -2.74. The van der Waals surface area contributed by atoms with E-state index in [1.165, 1.54) is 16.5 Å². The molecule has 1 heterocycles. The third-order valence-corrected chi connectivity index (χ3v) is 4.25. The summed E-state index contributed by atoms with van der Waals surface area (Å²) in [5.74, 6) is 0.217. The van der Waals surface area contributed by atoms with E-state index >= 15 is 0 Å². The van der Waals surface area contributed by atoms with Crippen LogP contribution < -0.4 is 4.57 Å². The maximum absolute atomic E-state index is 12.0. The van der Waals surface area contributed by atoms with Gasteiger partial charge in [-0.3, -0.25) is 4.79 Å². The van der Waals surface area contributed by atoms with E-state index in [-0.39, 0.29) is 11.7 Å². The molecule has 0 bridgehead atoms. The van der Waals surface area contributed by atoms with Crippen LogP contribution >= 0.6 is 0 Å². The van der Waals surface area contributed by atoms with Crippen LogP contribution in [0.4, 0.5) is 0 Å². The van der Waals surface area contributed by atoms with Gasteiger partial charge in [-0.25, -0.2) is 4.57 Å². The van der Waals surface area contributed by atoms with Crippen molar-refractivity contribution in [1.29, 1.82) is 0 Å². The average molecular weight is 316 g/mol. The molecule has 0 unspecified atom stereocenters. The number of pyridine rings is 1. The van der Waals surface area contributed by atoms with Gasteiger partial charge >= 0.3 is 0 Å². The fourth-order valence-corrected chi connectivity index (χ4v) is 2.81. The molecule has 24 heavy (non-hydrogen) atoms. The van der Waals surface area contributed by atoms with Gasteiger partial charge in [0.2, 0.25) is 5.52 Å². The van der Waals surface area contributed by atoms with Gasteiger partial charge in [0.1, 0.15) is 7.05 Å². The minimum Gasteiger partial charge on any atom is -0.294 e. The molecular weight excluding hydrogens is 294 g/mol. The third-order valence-electron chi connectivity index (χ3n) is 4.25. The SMILES string of the molecule is CC(C)C(=O)c1ccc(/C=C/c2cc[n+](C)c3ccccc23)cc1. The first-order valence-corrected chi connectivity index (χ1v) is 8.26. The van der Waals surface area contributed by atoms with Gasteiger partial charge in [-0.15, -0.1) is 0 Å². The van der Waals surface area contributed by atoms with Crippen molar-refractivity contribution in [3.63, 3.8) is 0 Å². The fourth-order valence-electron chi connectivity index (χ4n) is 2.81. The highest BCUT2D eigenvalue weighted by molar-refractivity contribution is 5.97. The first-order valence-electron chi connectivity index (χ1n) is 8.26. The van der Waals surface area contributed by atoms with Gasteiger partial charge in [0, 0.05) is 23.6 Å². The summed E-state index contributed by atoms with van der Waals surface area (Å²) in [7, 11) is 2.06. The Morgan fingerprint density at radius 1 is 0.958 bits per heavy atom. The molecule has 0 radical (unpaired) electrons. The van der Waals surface area contributed by atoms with Crippen molar-refractivity contribution in [2.45, 2.75) is 13.8 Å². The molecule has 0 atom stereocenters. The van der Waals surface area contributed by atoms with Gasteiger partial charge in [-0.05, 0) is 17.2 Å². The van der Waals surface area contributed by atoms with Crippen molar-refractivity contribution >= 4 is 28.8 Å². The number of hydrogen-bond acceptors (Lipinski definition) is 1. The number of hydrogen-bond donors (Lipinski definition) is 0. The van der Waals surface area contributed by atoms with E-state index in [2.05, 4.69) is 60.3 Å². The molecule has 3 aromatic rings. The fraction of sp³-hybridized carbons (Fsp3) is 0.182. The zero-order valence-corrected chi connectivity index (χ0v) is 14.4. The molecule has 1 aromatic heterocycles. The van der Waals surface area contributed by atoms with Crippen LogP contribution in [0.2, 0.25) is 0 Å². The van der Waals surface area contributed by atoms with E-state index in [9.17, 15) is 4.79 Å². The second-order valence-electron chi connectivity index (χ2n) is 6.37. The molecule has 0 N–H and O–H groups in total. The predicted molar refractivity (Wildman–Crippen MR) is 99.7 cm³/mol. The zero-order valence-electron chi connectivity index (χ0n) is 14.4. The van der Waals surface area contributed by atoms with Crippen LogP contribution in [0.5, 0.6) is 0 Å². The van der Waals surface area contributed by atoms with Crippen molar-refractivity contribution in [3.05, 3.63) is 77.5 Å². The number of benzene rings is 2. The summed E-state index contributed by atoms with van der Waals surface area (Å²) in [6, 6.07) is 18.3. The molecule has 0 fully saturated rings. The van der Waals surface area contributed by atoms with Gasteiger partial charge in [0.15, 0.2) is 12.0 Å². The molecule has 3 rings (SSSR count). The van der Waals surface area contributed by atoms with Crippen LogP contribution in [0.3, 0.4) is 0 Å². The second-order valence-corrected chi connectivity index (χ2v) is 6.37. The molecule has 2 nitrogen and oxygen atoms in total. The lowest BCUT2D eigenvalue weighted by molar-refractivity contribution is -0.644. The summed E-state index contributed by atoms with van der Waals surface area (Å²) in [4.78, 5) is 12.0. The number of Topliss-reactive ketones (excluding diaryl/α,β-unsaturated/α-hetero) is 1. The van der Waals surface area contributed by atoms with Crippen LogP contribution in [0, 0.1) is 5.92 Å². The predicted octanol–water partition coefficient (Wildman–Crippen LogP) is 4.67. The van der Waals surface area contributed by atoms with Crippen LogP contribution in [0.1, 0.15) is 35.3 Å². The summed E-state index contributed by atoms with van der Waals surface area (Å²) >= 11 is 0. The molecule has 0 amide bonds. The van der Waals surface area contributed by atoms with Crippen LogP contribution in [0.25, 0.3) is 23.1 Å². The molecule has 0 saturated heterocycles.